The zero-order valence-electron chi connectivity index (χ0n) is 14.1. The van der Waals surface area contributed by atoms with E-state index in [-0.39, 0.29) is 12.4 Å². The number of carbonyl (C=O) groups is 1. The van der Waals surface area contributed by atoms with Crippen molar-refractivity contribution in [1.82, 2.24) is 4.98 Å². The molecular formula is C19H16F3NO3. The molecule has 3 aromatic rings. The van der Waals surface area contributed by atoms with Crippen molar-refractivity contribution in [3.8, 4) is 5.75 Å². The van der Waals surface area contributed by atoms with E-state index in [1.54, 1.807) is 32.0 Å². The van der Waals surface area contributed by atoms with Gasteiger partial charge in [-0.2, -0.15) is 0 Å². The maximum absolute atomic E-state index is 12.6. The molecule has 0 fully saturated rings. The van der Waals surface area contributed by atoms with Crippen LogP contribution in [-0.2, 0) is 9.53 Å². The van der Waals surface area contributed by atoms with Crippen LogP contribution in [0.4, 0.5) is 13.2 Å². The van der Waals surface area contributed by atoms with E-state index in [2.05, 4.69) is 9.72 Å². The lowest BCUT2D eigenvalue weighted by Gasteiger charge is -2.16. The van der Waals surface area contributed by atoms with Gasteiger partial charge in [-0.15, -0.1) is 13.2 Å². The summed E-state index contributed by atoms with van der Waals surface area (Å²) in [5.41, 5.74) is 1.00. The van der Waals surface area contributed by atoms with Gasteiger partial charge in [0.25, 0.3) is 0 Å². The summed E-state index contributed by atoms with van der Waals surface area (Å²) in [6.45, 7) is 3.51. The summed E-state index contributed by atoms with van der Waals surface area (Å²) in [6.07, 6.45) is -4.80. The van der Waals surface area contributed by atoms with Crippen LogP contribution in [-0.4, -0.2) is 23.9 Å². The van der Waals surface area contributed by atoms with Crippen molar-refractivity contribution in [3.63, 3.8) is 0 Å². The number of nitrogens with zero attached hydrogens (tertiary/aromatic N) is 1. The number of pyridine rings is 1. The molecule has 3 rings (SSSR count). The number of aromatic nitrogens is 1. The number of carbonyl (C=O) groups excluding carboxylic acids is 1. The molecule has 4 nitrogen and oxygen atoms in total. The fourth-order valence-electron chi connectivity index (χ4n) is 2.87. The summed E-state index contributed by atoms with van der Waals surface area (Å²) in [6, 6.07) is 11.3. The molecule has 0 aliphatic heterocycles. The summed E-state index contributed by atoms with van der Waals surface area (Å²) in [4.78, 5) is 16.7. The Labute approximate surface area is 147 Å². The number of alkyl halides is 3. The Morgan fingerprint density at radius 1 is 1.12 bits per heavy atom. The summed E-state index contributed by atoms with van der Waals surface area (Å²) in [7, 11) is 0. The second-order valence-electron chi connectivity index (χ2n) is 5.74. The monoisotopic (exact) mass is 363 g/mol. The Hall–Kier alpha value is -2.83. The lowest BCUT2D eigenvalue weighted by molar-refractivity contribution is -0.274. The minimum Gasteiger partial charge on any atom is -0.465 e. The number of fused-ring (bicyclic) bond motifs is 3. The van der Waals surface area contributed by atoms with E-state index in [9.17, 15) is 18.0 Å². The van der Waals surface area contributed by atoms with Crippen molar-refractivity contribution < 1.29 is 27.4 Å². The van der Waals surface area contributed by atoms with Crippen LogP contribution in [0, 0.1) is 0 Å². The number of esters is 1. The van der Waals surface area contributed by atoms with Crippen LogP contribution in [0.15, 0.2) is 42.5 Å². The highest BCUT2D eigenvalue weighted by atomic mass is 19.4. The van der Waals surface area contributed by atoms with E-state index in [4.69, 9.17) is 4.74 Å². The first-order chi connectivity index (χ1) is 12.3. The fourth-order valence-corrected chi connectivity index (χ4v) is 2.87. The predicted octanol–water partition coefficient (Wildman–Crippen LogP) is 4.95. The van der Waals surface area contributed by atoms with Gasteiger partial charge in [0.15, 0.2) is 0 Å². The number of para-hydroxylation sites is 1. The fraction of sp³-hybridized carbons (Fsp3) is 0.263. The molecule has 0 radical (unpaired) electrons. The number of rotatable bonds is 4. The van der Waals surface area contributed by atoms with Crippen LogP contribution in [0.25, 0.3) is 21.7 Å². The lowest BCUT2D eigenvalue weighted by atomic mass is 9.97. The molecule has 1 atom stereocenters. The van der Waals surface area contributed by atoms with Crippen molar-refractivity contribution in [3.05, 3.63) is 48.2 Å². The van der Waals surface area contributed by atoms with Crippen molar-refractivity contribution in [2.24, 2.45) is 0 Å². The molecule has 0 spiro atoms. The molecular weight excluding hydrogens is 347 g/mol. The van der Waals surface area contributed by atoms with Crippen LogP contribution in [0.3, 0.4) is 0 Å². The standard InChI is InChI=1S/C19H16F3NO3/c1-3-25-18(24)11(2)17-15-10-12(26-19(20,21)22)8-9-13(15)14-6-4-5-7-16(14)23-17/h4-11H,3H2,1-2H3/t11-/m0/s1. The van der Waals surface area contributed by atoms with Crippen molar-refractivity contribution in [2.45, 2.75) is 26.1 Å². The molecule has 0 N–H and O–H groups in total. The number of hydrogen-bond donors (Lipinski definition) is 0. The quantitative estimate of drug-likeness (QED) is 0.486. The zero-order chi connectivity index (χ0) is 18.9. The molecule has 0 aliphatic carbocycles. The molecule has 7 heteroatoms. The molecule has 2 aromatic carbocycles. The highest BCUT2D eigenvalue weighted by Gasteiger charge is 2.31. The largest absolute Gasteiger partial charge is 0.573 e. The topological polar surface area (TPSA) is 48.4 Å². The van der Waals surface area contributed by atoms with Gasteiger partial charge < -0.3 is 9.47 Å². The summed E-state index contributed by atoms with van der Waals surface area (Å²) >= 11 is 0. The second kappa shape index (κ2) is 6.82. The van der Waals surface area contributed by atoms with Gasteiger partial charge in [0, 0.05) is 10.8 Å². The van der Waals surface area contributed by atoms with Gasteiger partial charge in [-0.25, -0.2) is 0 Å². The Bertz CT molecular complexity index is 969. The smallest absolute Gasteiger partial charge is 0.465 e. The van der Waals surface area contributed by atoms with Gasteiger partial charge in [-0.05, 0) is 43.5 Å². The molecule has 0 saturated carbocycles. The first kappa shape index (κ1) is 18.0. The average molecular weight is 363 g/mol. The first-order valence-corrected chi connectivity index (χ1v) is 8.05. The van der Waals surface area contributed by atoms with Gasteiger partial charge in [-0.1, -0.05) is 18.2 Å². The van der Waals surface area contributed by atoms with Gasteiger partial charge >= 0.3 is 12.3 Å². The lowest BCUT2D eigenvalue weighted by Crippen LogP contribution is -2.17. The summed E-state index contributed by atoms with van der Waals surface area (Å²) in [5, 5.41) is 1.89. The van der Waals surface area contributed by atoms with E-state index in [1.165, 1.54) is 12.1 Å². The third kappa shape index (κ3) is 3.56. The highest BCUT2D eigenvalue weighted by Crippen LogP contribution is 2.34. The molecule has 1 heterocycles. The Balaban J connectivity index is 2.24. The van der Waals surface area contributed by atoms with E-state index in [0.717, 1.165) is 5.39 Å². The van der Waals surface area contributed by atoms with Gasteiger partial charge in [0.2, 0.25) is 0 Å². The minimum atomic E-state index is -4.80. The molecule has 26 heavy (non-hydrogen) atoms. The molecule has 0 unspecified atom stereocenters. The van der Waals surface area contributed by atoms with E-state index in [0.29, 0.717) is 22.0 Å². The zero-order valence-corrected chi connectivity index (χ0v) is 14.1. The highest BCUT2D eigenvalue weighted by molar-refractivity contribution is 6.08. The molecule has 0 aliphatic rings. The molecule has 136 valence electrons. The minimum absolute atomic E-state index is 0.205. The van der Waals surface area contributed by atoms with Crippen LogP contribution in [0.5, 0.6) is 5.75 Å². The van der Waals surface area contributed by atoms with E-state index < -0.39 is 18.2 Å². The van der Waals surface area contributed by atoms with Crippen molar-refractivity contribution in [2.75, 3.05) is 6.61 Å². The predicted molar refractivity (Wildman–Crippen MR) is 91.0 cm³/mol. The maximum atomic E-state index is 12.6. The van der Waals surface area contributed by atoms with E-state index in [1.807, 2.05) is 12.1 Å². The molecule has 0 saturated heterocycles. The number of ether oxygens (including phenoxy) is 2. The SMILES string of the molecule is CCOC(=O)[C@@H](C)c1nc2ccccc2c2ccc(OC(F)(F)F)cc12. The first-order valence-electron chi connectivity index (χ1n) is 8.05. The Morgan fingerprint density at radius 2 is 1.85 bits per heavy atom. The maximum Gasteiger partial charge on any atom is 0.573 e. The number of hydrogen-bond acceptors (Lipinski definition) is 4. The third-order valence-corrected chi connectivity index (χ3v) is 3.99. The second-order valence-corrected chi connectivity index (χ2v) is 5.74. The molecule has 0 amide bonds. The molecule has 1 aromatic heterocycles. The van der Waals surface area contributed by atoms with Gasteiger partial charge in [0.05, 0.1) is 23.7 Å². The van der Waals surface area contributed by atoms with Crippen molar-refractivity contribution in [1.29, 1.82) is 0 Å². The summed E-state index contributed by atoms with van der Waals surface area (Å²) in [5.74, 6) is -1.58. The van der Waals surface area contributed by atoms with Crippen LogP contribution < -0.4 is 4.74 Å². The summed E-state index contributed by atoms with van der Waals surface area (Å²) < 4.78 is 46.8. The van der Waals surface area contributed by atoms with E-state index >= 15 is 0 Å². The average Bonchev–Trinajstić information content (AvgIpc) is 2.59. The van der Waals surface area contributed by atoms with Gasteiger partial charge in [-0.3, -0.25) is 9.78 Å². The third-order valence-electron chi connectivity index (χ3n) is 3.99. The van der Waals surface area contributed by atoms with Crippen LogP contribution in [0.1, 0.15) is 25.5 Å². The van der Waals surface area contributed by atoms with Crippen LogP contribution >= 0.6 is 0 Å². The Morgan fingerprint density at radius 3 is 2.54 bits per heavy atom. The number of benzene rings is 2. The van der Waals surface area contributed by atoms with Crippen molar-refractivity contribution >= 4 is 27.6 Å². The number of halogens is 3. The normalized spacial score (nSPS) is 13.0. The van der Waals surface area contributed by atoms with Crippen LogP contribution in [0.2, 0.25) is 0 Å². The molecule has 0 bridgehead atoms. The van der Waals surface area contributed by atoms with Gasteiger partial charge in [0.1, 0.15) is 5.75 Å². The Kier molecular flexibility index (Phi) is 4.71.